The normalized spacial score (nSPS) is 10.4. The van der Waals surface area contributed by atoms with Gasteiger partial charge in [-0.05, 0) is 27.7 Å². The highest BCUT2D eigenvalue weighted by molar-refractivity contribution is 5.71. The van der Waals surface area contributed by atoms with E-state index >= 15 is 0 Å². The lowest BCUT2D eigenvalue weighted by Crippen LogP contribution is -2.56. The van der Waals surface area contributed by atoms with Crippen LogP contribution in [0.4, 0.5) is 9.59 Å². The molecular formula is C9H18N2O4. The summed E-state index contributed by atoms with van der Waals surface area (Å²) in [5.41, 5.74) is -0.904. The molecule has 15 heavy (non-hydrogen) atoms. The van der Waals surface area contributed by atoms with Crippen LogP contribution < -0.4 is 10.6 Å². The molecular weight excluding hydrogens is 200 g/mol. The molecule has 0 bridgehead atoms. The van der Waals surface area contributed by atoms with Gasteiger partial charge in [0.15, 0.2) is 0 Å². The fourth-order valence-electron chi connectivity index (χ4n) is 0.876. The van der Waals surface area contributed by atoms with Crippen LogP contribution in [-0.2, 0) is 9.47 Å². The van der Waals surface area contributed by atoms with Gasteiger partial charge in [0.2, 0.25) is 0 Å². The second-order valence-electron chi connectivity index (χ2n) is 3.32. The van der Waals surface area contributed by atoms with Crippen LogP contribution in [-0.4, -0.2) is 31.1 Å². The van der Waals surface area contributed by atoms with Crippen molar-refractivity contribution in [3.63, 3.8) is 0 Å². The minimum atomic E-state index is -0.904. The van der Waals surface area contributed by atoms with Crippen molar-refractivity contribution >= 4 is 12.2 Å². The van der Waals surface area contributed by atoms with Crippen molar-refractivity contribution in [2.24, 2.45) is 0 Å². The quantitative estimate of drug-likeness (QED) is 0.695. The number of carbonyl (C=O) groups excluding carboxylic acids is 2. The Kier molecular flexibility index (Phi) is 5.51. The van der Waals surface area contributed by atoms with Gasteiger partial charge < -0.3 is 9.47 Å². The average Bonchev–Trinajstić information content (AvgIpc) is 2.01. The van der Waals surface area contributed by atoms with Gasteiger partial charge in [0, 0.05) is 0 Å². The topological polar surface area (TPSA) is 76.7 Å². The van der Waals surface area contributed by atoms with E-state index in [9.17, 15) is 9.59 Å². The van der Waals surface area contributed by atoms with Crippen LogP contribution in [0.15, 0.2) is 0 Å². The van der Waals surface area contributed by atoms with Gasteiger partial charge in [-0.25, -0.2) is 9.59 Å². The summed E-state index contributed by atoms with van der Waals surface area (Å²) in [5, 5.41) is 4.95. The number of ether oxygens (including phenoxy) is 2. The first kappa shape index (κ1) is 13.5. The van der Waals surface area contributed by atoms with Gasteiger partial charge in [0.05, 0.1) is 13.2 Å². The smallest absolute Gasteiger partial charge is 0.408 e. The molecule has 0 atom stereocenters. The molecule has 0 rings (SSSR count). The van der Waals surface area contributed by atoms with Crippen LogP contribution in [0.2, 0.25) is 0 Å². The van der Waals surface area contributed by atoms with Crippen molar-refractivity contribution in [3.05, 3.63) is 0 Å². The number of rotatable bonds is 4. The number of hydrogen-bond acceptors (Lipinski definition) is 4. The van der Waals surface area contributed by atoms with Gasteiger partial charge in [-0.3, -0.25) is 10.6 Å². The van der Waals surface area contributed by atoms with Crippen LogP contribution in [0.25, 0.3) is 0 Å². The highest BCUT2D eigenvalue weighted by Crippen LogP contribution is 1.98. The van der Waals surface area contributed by atoms with Crippen molar-refractivity contribution in [1.29, 1.82) is 0 Å². The van der Waals surface area contributed by atoms with Crippen molar-refractivity contribution in [2.75, 3.05) is 13.2 Å². The van der Waals surface area contributed by atoms with Gasteiger partial charge >= 0.3 is 12.2 Å². The van der Waals surface area contributed by atoms with E-state index in [1.165, 1.54) is 0 Å². The lowest BCUT2D eigenvalue weighted by atomic mass is 10.2. The van der Waals surface area contributed by atoms with Crippen molar-refractivity contribution in [1.82, 2.24) is 10.6 Å². The highest BCUT2D eigenvalue weighted by Gasteiger charge is 2.23. The Labute approximate surface area is 89.3 Å². The second-order valence-corrected chi connectivity index (χ2v) is 3.32. The summed E-state index contributed by atoms with van der Waals surface area (Å²) in [6.07, 6.45) is -1.17. The molecule has 0 saturated heterocycles. The number of nitrogens with one attached hydrogen (secondary N) is 2. The van der Waals surface area contributed by atoms with Gasteiger partial charge in [-0.1, -0.05) is 0 Å². The first-order chi connectivity index (χ1) is 6.91. The molecule has 0 unspecified atom stereocenters. The van der Waals surface area contributed by atoms with Crippen LogP contribution >= 0.6 is 0 Å². The van der Waals surface area contributed by atoms with E-state index in [2.05, 4.69) is 20.1 Å². The molecule has 0 spiro atoms. The maximum atomic E-state index is 11.1. The SMILES string of the molecule is CCOC(=O)NC(C)(C)NC(=O)OCC. The molecule has 0 aromatic rings. The molecule has 0 fully saturated rings. The summed E-state index contributed by atoms with van der Waals surface area (Å²) in [7, 11) is 0. The monoisotopic (exact) mass is 218 g/mol. The van der Waals surface area contributed by atoms with Gasteiger partial charge in [0.25, 0.3) is 0 Å². The average molecular weight is 218 g/mol. The standard InChI is InChI=1S/C9H18N2O4/c1-5-14-7(12)10-9(3,4)11-8(13)15-6-2/h5-6H2,1-4H3,(H,10,12)(H,11,13). The Bertz CT molecular complexity index is 206. The van der Waals surface area contributed by atoms with E-state index < -0.39 is 17.8 Å². The Morgan fingerprint density at radius 2 is 1.33 bits per heavy atom. The fourth-order valence-corrected chi connectivity index (χ4v) is 0.876. The number of hydrogen-bond donors (Lipinski definition) is 2. The third-order valence-corrected chi connectivity index (χ3v) is 1.38. The summed E-state index contributed by atoms with van der Waals surface area (Å²) < 4.78 is 9.35. The molecule has 88 valence electrons. The van der Waals surface area contributed by atoms with Crippen LogP contribution in [0.1, 0.15) is 27.7 Å². The summed E-state index contributed by atoms with van der Waals surface area (Å²) in [4.78, 5) is 22.1. The first-order valence-corrected chi connectivity index (χ1v) is 4.81. The predicted octanol–water partition coefficient (Wildman–Crippen LogP) is 1.21. The van der Waals surface area contributed by atoms with Gasteiger partial charge in [0.1, 0.15) is 5.66 Å². The van der Waals surface area contributed by atoms with Crippen molar-refractivity contribution in [2.45, 2.75) is 33.4 Å². The largest absolute Gasteiger partial charge is 0.450 e. The molecule has 0 radical (unpaired) electrons. The van der Waals surface area contributed by atoms with Crippen LogP contribution in [0.5, 0.6) is 0 Å². The number of amides is 2. The molecule has 6 heteroatoms. The minimum absolute atomic E-state index is 0.279. The number of carbonyl (C=O) groups is 2. The third-order valence-electron chi connectivity index (χ3n) is 1.38. The lowest BCUT2D eigenvalue weighted by Gasteiger charge is -2.26. The molecule has 0 saturated carbocycles. The Morgan fingerprint density at radius 1 is 1.00 bits per heavy atom. The predicted molar refractivity (Wildman–Crippen MR) is 54.4 cm³/mol. The van der Waals surface area contributed by atoms with Crippen molar-refractivity contribution < 1.29 is 19.1 Å². The summed E-state index contributed by atoms with van der Waals surface area (Å²) in [5.74, 6) is 0. The summed E-state index contributed by atoms with van der Waals surface area (Å²) >= 11 is 0. The summed E-state index contributed by atoms with van der Waals surface area (Å²) in [6.45, 7) is 7.21. The lowest BCUT2D eigenvalue weighted by molar-refractivity contribution is 0.122. The van der Waals surface area contributed by atoms with E-state index in [1.807, 2.05) is 0 Å². The minimum Gasteiger partial charge on any atom is -0.450 e. The van der Waals surface area contributed by atoms with E-state index in [0.29, 0.717) is 0 Å². The third kappa shape index (κ3) is 6.59. The Hall–Kier alpha value is -1.46. The van der Waals surface area contributed by atoms with Gasteiger partial charge in [-0.2, -0.15) is 0 Å². The molecule has 2 amide bonds. The van der Waals surface area contributed by atoms with E-state index in [-0.39, 0.29) is 13.2 Å². The van der Waals surface area contributed by atoms with Crippen LogP contribution in [0.3, 0.4) is 0 Å². The molecule has 2 N–H and O–H groups in total. The Balaban J connectivity index is 4.05. The van der Waals surface area contributed by atoms with Crippen molar-refractivity contribution in [3.8, 4) is 0 Å². The zero-order valence-electron chi connectivity index (χ0n) is 9.55. The molecule has 0 aliphatic carbocycles. The Morgan fingerprint density at radius 3 is 1.60 bits per heavy atom. The fraction of sp³-hybridized carbons (Fsp3) is 0.778. The zero-order chi connectivity index (χ0) is 11.9. The maximum absolute atomic E-state index is 11.1. The van der Waals surface area contributed by atoms with Gasteiger partial charge in [-0.15, -0.1) is 0 Å². The molecule has 0 aliphatic heterocycles. The summed E-state index contributed by atoms with van der Waals surface area (Å²) in [6, 6.07) is 0. The van der Waals surface area contributed by atoms with E-state index in [4.69, 9.17) is 0 Å². The molecule has 0 aromatic carbocycles. The van der Waals surface area contributed by atoms with Crippen LogP contribution in [0, 0.1) is 0 Å². The molecule has 0 aliphatic rings. The molecule has 6 nitrogen and oxygen atoms in total. The second kappa shape index (κ2) is 6.10. The zero-order valence-corrected chi connectivity index (χ0v) is 9.55. The molecule has 0 heterocycles. The molecule has 0 aromatic heterocycles. The maximum Gasteiger partial charge on any atom is 0.408 e. The number of alkyl carbamates (subject to hydrolysis) is 2. The first-order valence-electron chi connectivity index (χ1n) is 4.81. The van der Waals surface area contributed by atoms with E-state index in [0.717, 1.165) is 0 Å². The van der Waals surface area contributed by atoms with E-state index in [1.54, 1.807) is 27.7 Å². The highest BCUT2D eigenvalue weighted by atomic mass is 16.6.